The SMILES string of the molecule is COc1ccccc1NC(=O)c1oc2ccccc2c1NC(=O)c1ccc2c(c1)OCO2. The van der Waals surface area contributed by atoms with Gasteiger partial charge in [0.25, 0.3) is 11.8 Å². The molecule has 2 amide bonds. The fraction of sp³-hybridized carbons (Fsp3) is 0.0833. The summed E-state index contributed by atoms with van der Waals surface area (Å²) < 4.78 is 21.7. The maximum Gasteiger partial charge on any atom is 0.293 e. The number of benzene rings is 3. The molecule has 4 aromatic rings. The van der Waals surface area contributed by atoms with Crippen molar-refractivity contribution in [3.05, 3.63) is 78.1 Å². The van der Waals surface area contributed by atoms with Gasteiger partial charge < -0.3 is 29.3 Å². The van der Waals surface area contributed by atoms with E-state index in [1.54, 1.807) is 66.7 Å². The minimum absolute atomic E-state index is 0.0220. The molecule has 1 aliphatic heterocycles. The Hall–Kier alpha value is -4.46. The molecule has 3 aromatic carbocycles. The number of anilines is 2. The summed E-state index contributed by atoms with van der Waals surface area (Å²) in [5, 5.41) is 6.20. The van der Waals surface area contributed by atoms with Gasteiger partial charge in [0.1, 0.15) is 17.0 Å². The smallest absolute Gasteiger partial charge is 0.293 e. The van der Waals surface area contributed by atoms with Gasteiger partial charge in [0.05, 0.1) is 12.8 Å². The fourth-order valence-electron chi connectivity index (χ4n) is 3.48. The van der Waals surface area contributed by atoms with Gasteiger partial charge in [0.2, 0.25) is 12.6 Å². The van der Waals surface area contributed by atoms with Crippen LogP contribution in [-0.4, -0.2) is 25.7 Å². The van der Waals surface area contributed by atoms with Crippen molar-refractivity contribution in [2.45, 2.75) is 0 Å². The van der Waals surface area contributed by atoms with E-state index < -0.39 is 11.8 Å². The molecule has 0 aliphatic carbocycles. The second-order valence-corrected chi connectivity index (χ2v) is 6.98. The molecule has 5 rings (SSSR count). The van der Waals surface area contributed by atoms with Crippen LogP contribution in [0.4, 0.5) is 11.4 Å². The molecule has 1 aromatic heterocycles. The first kappa shape index (κ1) is 19.5. The van der Waals surface area contributed by atoms with E-state index in [1.165, 1.54) is 7.11 Å². The van der Waals surface area contributed by atoms with Gasteiger partial charge in [-0.05, 0) is 42.5 Å². The fourth-order valence-corrected chi connectivity index (χ4v) is 3.48. The molecule has 160 valence electrons. The van der Waals surface area contributed by atoms with Gasteiger partial charge in [-0.2, -0.15) is 0 Å². The molecule has 2 heterocycles. The Bertz CT molecular complexity index is 1340. The number of carbonyl (C=O) groups is 2. The van der Waals surface area contributed by atoms with E-state index in [-0.39, 0.29) is 18.2 Å². The van der Waals surface area contributed by atoms with Gasteiger partial charge in [-0.3, -0.25) is 9.59 Å². The van der Waals surface area contributed by atoms with Crippen molar-refractivity contribution >= 4 is 34.2 Å². The highest BCUT2D eigenvalue weighted by Crippen LogP contribution is 2.35. The lowest BCUT2D eigenvalue weighted by Gasteiger charge is -2.10. The van der Waals surface area contributed by atoms with Crippen LogP contribution in [0.1, 0.15) is 20.9 Å². The van der Waals surface area contributed by atoms with E-state index in [1.807, 2.05) is 0 Å². The van der Waals surface area contributed by atoms with Crippen LogP contribution in [0.3, 0.4) is 0 Å². The van der Waals surface area contributed by atoms with Crippen molar-refractivity contribution in [2.24, 2.45) is 0 Å². The minimum atomic E-state index is -0.522. The summed E-state index contributed by atoms with van der Waals surface area (Å²) >= 11 is 0. The van der Waals surface area contributed by atoms with Crippen molar-refractivity contribution < 1.29 is 28.2 Å². The van der Waals surface area contributed by atoms with E-state index >= 15 is 0 Å². The normalized spacial score (nSPS) is 11.9. The summed E-state index contributed by atoms with van der Waals surface area (Å²) in [4.78, 5) is 26.1. The minimum Gasteiger partial charge on any atom is -0.495 e. The van der Waals surface area contributed by atoms with Crippen LogP contribution >= 0.6 is 0 Å². The summed E-state index contributed by atoms with van der Waals surface area (Å²) in [6.07, 6.45) is 0. The predicted molar refractivity (Wildman–Crippen MR) is 118 cm³/mol. The summed E-state index contributed by atoms with van der Waals surface area (Å²) in [5.74, 6) is 0.609. The van der Waals surface area contributed by atoms with E-state index in [9.17, 15) is 9.59 Å². The average molecular weight is 430 g/mol. The second-order valence-electron chi connectivity index (χ2n) is 6.98. The van der Waals surface area contributed by atoms with Crippen LogP contribution in [0, 0.1) is 0 Å². The monoisotopic (exact) mass is 430 g/mol. The third-order valence-electron chi connectivity index (χ3n) is 5.03. The van der Waals surface area contributed by atoms with Gasteiger partial charge in [0, 0.05) is 10.9 Å². The molecule has 8 heteroatoms. The molecule has 0 bridgehead atoms. The molecule has 2 N–H and O–H groups in total. The molecule has 0 saturated carbocycles. The zero-order valence-corrected chi connectivity index (χ0v) is 17.0. The molecule has 0 spiro atoms. The third kappa shape index (κ3) is 3.47. The van der Waals surface area contributed by atoms with Crippen LogP contribution in [-0.2, 0) is 0 Å². The summed E-state index contributed by atoms with van der Waals surface area (Å²) in [6.45, 7) is 0.111. The van der Waals surface area contributed by atoms with E-state index in [2.05, 4.69) is 10.6 Å². The Balaban J connectivity index is 1.49. The molecular formula is C24H18N2O6. The van der Waals surface area contributed by atoms with Crippen molar-refractivity contribution in [3.63, 3.8) is 0 Å². The molecule has 8 nitrogen and oxygen atoms in total. The van der Waals surface area contributed by atoms with Crippen LogP contribution in [0.25, 0.3) is 11.0 Å². The maximum absolute atomic E-state index is 13.1. The first-order chi connectivity index (χ1) is 15.6. The Labute approximate surface area is 182 Å². The van der Waals surface area contributed by atoms with Gasteiger partial charge in [0.15, 0.2) is 11.5 Å². The summed E-state index contributed by atoms with van der Waals surface area (Å²) in [7, 11) is 1.52. The molecule has 0 unspecified atom stereocenters. The van der Waals surface area contributed by atoms with Gasteiger partial charge >= 0.3 is 0 Å². The van der Waals surface area contributed by atoms with E-state index in [0.29, 0.717) is 39.5 Å². The van der Waals surface area contributed by atoms with E-state index in [0.717, 1.165) is 0 Å². The van der Waals surface area contributed by atoms with Crippen molar-refractivity contribution in [1.82, 2.24) is 0 Å². The van der Waals surface area contributed by atoms with Gasteiger partial charge in [-0.1, -0.05) is 24.3 Å². The number of methoxy groups -OCH3 is 1. The number of para-hydroxylation sites is 3. The highest BCUT2D eigenvalue weighted by atomic mass is 16.7. The van der Waals surface area contributed by atoms with Crippen LogP contribution in [0.2, 0.25) is 0 Å². The third-order valence-corrected chi connectivity index (χ3v) is 5.03. The maximum atomic E-state index is 13.1. The number of hydrogen-bond donors (Lipinski definition) is 2. The topological polar surface area (TPSA) is 99.0 Å². The van der Waals surface area contributed by atoms with Crippen LogP contribution in [0.5, 0.6) is 17.2 Å². The lowest BCUT2D eigenvalue weighted by atomic mass is 10.1. The average Bonchev–Trinajstić information content (AvgIpc) is 3.44. The largest absolute Gasteiger partial charge is 0.495 e. The van der Waals surface area contributed by atoms with Crippen molar-refractivity contribution in [3.8, 4) is 17.2 Å². The number of rotatable bonds is 5. The highest BCUT2D eigenvalue weighted by Gasteiger charge is 2.24. The molecule has 32 heavy (non-hydrogen) atoms. The summed E-state index contributed by atoms with van der Waals surface area (Å²) in [6, 6.07) is 19.0. The molecule has 0 atom stereocenters. The molecular weight excluding hydrogens is 412 g/mol. The molecule has 1 aliphatic rings. The Morgan fingerprint density at radius 3 is 2.53 bits per heavy atom. The van der Waals surface area contributed by atoms with Crippen LogP contribution in [0.15, 0.2) is 71.1 Å². The second kappa shape index (κ2) is 7.99. The number of amides is 2. The number of furan rings is 1. The Morgan fingerprint density at radius 2 is 1.66 bits per heavy atom. The lowest BCUT2D eigenvalue weighted by Crippen LogP contribution is -2.17. The van der Waals surface area contributed by atoms with Crippen molar-refractivity contribution in [2.75, 3.05) is 24.5 Å². The van der Waals surface area contributed by atoms with E-state index in [4.69, 9.17) is 18.6 Å². The number of ether oxygens (including phenoxy) is 3. The van der Waals surface area contributed by atoms with Gasteiger partial charge in [-0.25, -0.2) is 0 Å². The Morgan fingerprint density at radius 1 is 0.875 bits per heavy atom. The molecule has 0 radical (unpaired) electrons. The standard InChI is InChI=1S/C24H18N2O6/c1-29-18-9-5-3-7-16(18)25-24(28)22-21(15-6-2-4-8-17(15)32-22)26-23(27)14-10-11-19-20(12-14)31-13-30-19/h2-12H,13H2,1H3,(H,25,28)(H,26,27). The quantitative estimate of drug-likeness (QED) is 0.477. The number of nitrogens with one attached hydrogen (secondary N) is 2. The number of carbonyl (C=O) groups excluding carboxylic acids is 2. The lowest BCUT2D eigenvalue weighted by molar-refractivity contribution is 0.0999. The van der Waals surface area contributed by atoms with Gasteiger partial charge in [-0.15, -0.1) is 0 Å². The zero-order chi connectivity index (χ0) is 22.1. The molecule has 0 fully saturated rings. The van der Waals surface area contributed by atoms with Crippen molar-refractivity contribution in [1.29, 1.82) is 0 Å². The number of fused-ring (bicyclic) bond motifs is 2. The number of hydrogen-bond acceptors (Lipinski definition) is 6. The predicted octanol–water partition coefficient (Wildman–Crippen LogP) is 4.67. The first-order valence-corrected chi connectivity index (χ1v) is 9.81. The Kier molecular flexibility index (Phi) is 4.87. The first-order valence-electron chi connectivity index (χ1n) is 9.81. The van der Waals surface area contributed by atoms with Crippen LogP contribution < -0.4 is 24.8 Å². The zero-order valence-electron chi connectivity index (χ0n) is 17.0. The summed E-state index contributed by atoms with van der Waals surface area (Å²) in [5.41, 5.74) is 1.58. The molecule has 0 saturated heterocycles. The highest BCUT2D eigenvalue weighted by molar-refractivity contribution is 6.17.